The summed E-state index contributed by atoms with van der Waals surface area (Å²) in [5.74, 6) is -4.78. The standard InChI is InChI=1S/C38H39NO11/c1-3-45-33(40)23-47-30-17-12-26(13-18-30)32(27-14-19-31(20-15-27)48-24-34(41)46-4-2)10-7-21-39-37-38(44,50-36(43)35(42)49-37)29-16-11-25-8-5-6-9-28(25)22-29/h5-6,8-9,11-20,22,32,37,39,44H,3-4,7,10,21,23-24H2,1-2H3/t37?,38-/m1/s1. The first kappa shape index (κ1) is 35.8. The van der Waals surface area contributed by atoms with Crippen molar-refractivity contribution in [2.75, 3.05) is 33.0 Å². The molecule has 1 aliphatic rings. The average molecular weight is 686 g/mol. The molecular formula is C38H39NO11. The molecule has 12 nitrogen and oxygen atoms in total. The molecule has 1 aliphatic heterocycles. The van der Waals surface area contributed by atoms with Crippen LogP contribution in [-0.2, 0) is 43.9 Å². The van der Waals surface area contributed by atoms with Gasteiger partial charge in [-0.2, -0.15) is 0 Å². The second-order valence-corrected chi connectivity index (χ2v) is 11.4. The zero-order valence-corrected chi connectivity index (χ0v) is 27.8. The van der Waals surface area contributed by atoms with Crippen LogP contribution in [0.1, 0.15) is 49.3 Å². The van der Waals surface area contributed by atoms with Crippen LogP contribution in [0.4, 0.5) is 0 Å². The van der Waals surface area contributed by atoms with E-state index in [-0.39, 0.29) is 44.5 Å². The lowest BCUT2D eigenvalue weighted by molar-refractivity contribution is -0.286. The molecule has 12 heteroatoms. The van der Waals surface area contributed by atoms with Gasteiger partial charge >= 0.3 is 23.9 Å². The van der Waals surface area contributed by atoms with E-state index in [4.69, 9.17) is 28.4 Å². The van der Waals surface area contributed by atoms with E-state index < -0.39 is 35.9 Å². The molecule has 2 N–H and O–H groups in total. The van der Waals surface area contributed by atoms with Gasteiger partial charge < -0.3 is 33.5 Å². The number of aliphatic hydroxyl groups is 1. The summed E-state index contributed by atoms with van der Waals surface area (Å²) in [6, 6.07) is 27.3. The molecule has 4 aromatic rings. The van der Waals surface area contributed by atoms with E-state index >= 15 is 0 Å². The van der Waals surface area contributed by atoms with Gasteiger partial charge in [0.05, 0.1) is 13.2 Å². The smallest absolute Gasteiger partial charge is 0.420 e. The van der Waals surface area contributed by atoms with Gasteiger partial charge in [0.25, 0.3) is 5.79 Å². The van der Waals surface area contributed by atoms with Crippen molar-refractivity contribution in [2.24, 2.45) is 0 Å². The summed E-state index contributed by atoms with van der Waals surface area (Å²) in [6.07, 6.45) is -0.213. The maximum atomic E-state index is 12.2. The molecule has 0 aromatic heterocycles. The van der Waals surface area contributed by atoms with Crippen molar-refractivity contribution >= 4 is 34.6 Å². The highest BCUT2D eigenvalue weighted by atomic mass is 16.7. The van der Waals surface area contributed by atoms with Crippen molar-refractivity contribution in [3.8, 4) is 11.5 Å². The Morgan fingerprint density at radius 1 is 0.780 bits per heavy atom. The van der Waals surface area contributed by atoms with E-state index in [1.807, 2.05) is 48.5 Å². The molecule has 1 unspecified atom stereocenters. The van der Waals surface area contributed by atoms with Gasteiger partial charge in [0.1, 0.15) is 11.5 Å². The predicted octanol–water partition coefficient (Wildman–Crippen LogP) is 4.50. The molecule has 50 heavy (non-hydrogen) atoms. The number of fused-ring (bicyclic) bond motifs is 1. The molecule has 4 aromatic carbocycles. The van der Waals surface area contributed by atoms with Crippen LogP contribution in [-0.4, -0.2) is 68.2 Å². The quantitative estimate of drug-likeness (QED) is 0.0739. The maximum Gasteiger partial charge on any atom is 0.420 e. The predicted molar refractivity (Wildman–Crippen MR) is 180 cm³/mol. The van der Waals surface area contributed by atoms with Crippen LogP contribution in [0.25, 0.3) is 10.8 Å². The molecule has 2 atom stereocenters. The molecule has 262 valence electrons. The summed E-state index contributed by atoms with van der Waals surface area (Å²) in [4.78, 5) is 47.9. The Hall–Kier alpha value is -5.46. The molecule has 1 saturated heterocycles. The zero-order chi connectivity index (χ0) is 35.5. The summed E-state index contributed by atoms with van der Waals surface area (Å²) < 4.78 is 31.6. The van der Waals surface area contributed by atoms with Crippen molar-refractivity contribution < 1.29 is 52.7 Å². The van der Waals surface area contributed by atoms with Crippen LogP contribution >= 0.6 is 0 Å². The summed E-state index contributed by atoms with van der Waals surface area (Å²) in [5.41, 5.74) is 2.17. The Bertz CT molecular complexity index is 1730. The van der Waals surface area contributed by atoms with Crippen LogP contribution in [0.3, 0.4) is 0 Å². The highest BCUT2D eigenvalue weighted by Crippen LogP contribution is 2.34. The lowest BCUT2D eigenvalue weighted by Gasteiger charge is -2.38. The van der Waals surface area contributed by atoms with E-state index in [2.05, 4.69) is 5.32 Å². The van der Waals surface area contributed by atoms with Crippen LogP contribution in [0.2, 0.25) is 0 Å². The van der Waals surface area contributed by atoms with Crippen molar-refractivity contribution in [1.29, 1.82) is 0 Å². The van der Waals surface area contributed by atoms with Crippen molar-refractivity contribution in [2.45, 2.75) is 44.6 Å². The minimum atomic E-state index is -2.26. The first-order valence-electron chi connectivity index (χ1n) is 16.4. The minimum Gasteiger partial charge on any atom is -0.482 e. The molecule has 0 aliphatic carbocycles. The van der Waals surface area contributed by atoms with Gasteiger partial charge in [-0.15, -0.1) is 0 Å². The largest absolute Gasteiger partial charge is 0.482 e. The van der Waals surface area contributed by atoms with Gasteiger partial charge in [0.15, 0.2) is 13.2 Å². The highest BCUT2D eigenvalue weighted by Gasteiger charge is 2.51. The fourth-order valence-electron chi connectivity index (χ4n) is 5.62. The van der Waals surface area contributed by atoms with Gasteiger partial charge in [-0.1, -0.05) is 60.7 Å². The van der Waals surface area contributed by atoms with Crippen LogP contribution in [0.15, 0.2) is 91.0 Å². The summed E-state index contributed by atoms with van der Waals surface area (Å²) in [6.45, 7) is 3.85. The number of carbonyl (C=O) groups excluding carboxylic acids is 4. The number of rotatable bonds is 16. The number of hydrogen-bond acceptors (Lipinski definition) is 12. The molecule has 0 spiro atoms. The second-order valence-electron chi connectivity index (χ2n) is 11.4. The summed E-state index contributed by atoms with van der Waals surface area (Å²) in [7, 11) is 0. The third-order valence-corrected chi connectivity index (χ3v) is 8.05. The Balaban J connectivity index is 1.30. The molecule has 0 bridgehead atoms. The first-order chi connectivity index (χ1) is 24.2. The van der Waals surface area contributed by atoms with Gasteiger partial charge in [0, 0.05) is 11.5 Å². The molecule has 0 amide bonds. The highest BCUT2D eigenvalue weighted by molar-refractivity contribution is 6.30. The van der Waals surface area contributed by atoms with E-state index in [1.54, 1.807) is 56.3 Å². The second kappa shape index (κ2) is 16.8. The number of benzene rings is 4. The average Bonchev–Trinajstić information content (AvgIpc) is 3.12. The normalized spacial score (nSPS) is 17.2. The van der Waals surface area contributed by atoms with E-state index in [9.17, 15) is 24.3 Å². The summed E-state index contributed by atoms with van der Waals surface area (Å²) >= 11 is 0. The monoisotopic (exact) mass is 685 g/mol. The van der Waals surface area contributed by atoms with Crippen molar-refractivity contribution in [3.63, 3.8) is 0 Å². The van der Waals surface area contributed by atoms with E-state index in [0.29, 0.717) is 24.3 Å². The number of esters is 4. The SMILES string of the molecule is CCOC(=O)COc1ccc(C(CCCNC2OC(=O)C(=O)O[C@]2(O)c2ccc3ccccc3c2)c2ccc(OCC(=O)OCC)cc2)cc1. The lowest BCUT2D eigenvalue weighted by Crippen LogP contribution is -2.59. The molecule has 1 heterocycles. The van der Waals surface area contributed by atoms with Crippen LogP contribution in [0.5, 0.6) is 11.5 Å². The Morgan fingerprint density at radius 3 is 1.90 bits per heavy atom. The summed E-state index contributed by atoms with van der Waals surface area (Å²) in [5, 5.41) is 16.4. The number of cyclic esters (lactones) is 2. The molecular weight excluding hydrogens is 646 g/mol. The fraction of sp³-hybridized carbons (Fsp3) is 0.316. The third kappa shape index (κ3) is 8.95. The molecule has 0 radical (unpaired) electrons. The van der Waals surface area contributed by atoms with E-state index in [1.165, 1.54) is 0 Å². The Kier molecular flexibility index (Phi) is 12.0. The van der Waals surface area contributed by atoms with Gasteiger partial charge in [-0.25, -0.2) is 19.2 Å². The minimum absolute atomic E-state index is 0.124. The van der Waals surface area contributed by atoms with Crippen LogP contribution in [0, 0.1) is 0 Å². The van der Waals surface area contributed by atoms with Gasteiger partial charge in [0.2, 0.25) is 6.23 Å². The Labute approximate surface area is 289 Å². The van der Waals surface area contributed by atoms with Crippen LogP contribution < -0.4 is 14.8 Å². The number of nitrogens with one attached hydrogen (secondary N) is 1. The van der Waals surface area contributed by atoms with Crippen molar-refractivity contribution in [3.05, 3.63) is 108 Å². The molecule has 0 saturated carbocycles. The first-order valence-corrected chi connectivity index (χ1v) is 16.4. The molecule has 5 rings (SSSR count). The fourth-order valence-corrected chi connectivity index (χ4v) is 5.62. The topological polar surface area (TPSA) is 156 Å². The lowest BCUT2D eigenvalue weighted by atomic mass is 9.87. The number of ether oxygens (including phenoxy) is 6. The molecule has 1 fully saturated rings. The zero-order valence-electron chi connectivity index (χ0n) is 27.8. The number of carbonyl (C=O) groups is 4. The Morgan fingerprint density at radius 2 is 1.34 bits per heavy atom. The number of hydrogen-bond donors (Lipinski definition) is 2. The van der Waals surface area contributed by atoms with Gasteiger partial charge in [-0.05, 0) is 85.5 Å². The van der Waals surface area contributed by atoms with Gasteiger partial charge in [-0.3, -0.25) is 5.32 Å². The maximum absolute atomic E-state index is 12.2. The third-order valence-electron chi connectivity index (χ3n) is 8.05. The van der Waals surface area contributed by atoms with Crippen molar-refractivity contribution in [1.82, 2.24) is 5.32 Å². The van der Waals surface area contributed by atoms with E-state index in [0.717, 1.165) is 21.9 Å².